The predicted octanol–water partition coefficient (Wildman–Crippen LogP) is 2.02. The molecule has 0 heterocycles. The number of rotatable bonds is 2. The molecule has 4 heteroatoms. The molecule has 0 fully saturated rings. The Hall–Kier alpha value is -0.320. The standard InChI is InChI=1S/C6H8O2P2/c9-7-5-2-1-3-6(4-5)8-10/h1-4H,9-10H2. The lowest BCUT2D eigenvalue weighted by molar-refractivity contribution is 0.617. The van der Waals surface area contributed by atoms with Crippen molar-refractivity contribution in [1.82, 2.24) is 0 Å². The molecule has 0 aromatic heterocycles. The molecule has 1 rings (SSSR count). The van der Waals surface area contributed by atoms with Crippen LogP contribution in [0.1, 0.15) is 0 Å². The van der Waals surface area contributed by atoms with E-state index in [0.29, 0.717) is 0 Å². The van der Waals surface area contributed by atoms with Crippen LogP contribution in [-0.2, 0) is 0 Å². The smallest absolute Gasteiger partial charge is 0.126 e. The molecule has 0 saturated carbocycles. The Morgan fingerprint density at radius 2 is 1.50 bits per heavy atom. The second kappa shape index (κ2) is 3.75. The second-order valence-electron chi connectivity index (χ2n) is 1.71. The molecule has 2 nitrogen and oxygen atoms in total. The average Bonchev–Trinajstić information content (AvgIpc) is 2.05. The summed E-state index contributed by atoms with van der Waals surface area (Å²) >= 11 is 0. The molecular formula is C6H8O2P2. The van der Waals surface area contributed by atoms with Crippen LogP contribution >= 0.6 is 18.9 Å². The van der Waals surface area contributed by atoms with E-state index in [2.05, 4.69) is 18.9 Å². The lowest BCUT2D eigenvalue weighted by Gasteiger charge is -2.00. The quantitative estimate of drug-likeness (QED) is 0.638. The van der Waals surface area contributed by atoms with Crippen LogP contribution in [0.4, 0.5) is 0 Å². The van der Waals surface area contributed by atoms with E-state index in [-0.39, 0.29) is 0 Å². The summed E-state index contributed by atoms with van der Waals surface area (Å²) in [7, 11) is 4.35. The molecule has 2 unspecified atom stereocenters. The molecule has 0 bridgehead atoms. The van der Waals surface area contributed by atoms with E-state index < -0.39 is 0 Å². The van der Waals surface area contributed by atoms with Gasteiger partial charge in [0.15, 0.2) is 0 Å². The van der Waals surface area contributed by atoms with Crippen LogP contribution in [-0.4, -0.2) is 0 Å². The lowest BCUT2D eigenvalue weighted by atomic mass is 10.3. The van der Waals surface area contributed by atoms with Gasteiger partial charge in [-0.3, -0.25) is 0 Å². The van der Waals surface area contributed by atoms with Crippen molar-refractivity contribution in [3.8, 4) is 11.5 Å². The fourth-order valence-electron chi connectivity index (χ4n) is 0.621. The highest BCUT2D eigenvalue weighted by atomic mass is 31.0. The summed E-state index contributed by atoms with van der Waals surface area (Å²) < 4.78 is 9.77. The van der Waals surface area contributed by atoms with Gasteiger partial charge >= 0.3 is 0 Å². The van der Waals surface area contributed by atoms with Crippen molar-refractivity contribution in [2.45, 2.75) is 0 Å². The van der Waals surface area contributed by atoms with Gasteiger partial charge in [-0.2, -0.15) is 0 Å². The fraction of sp³-hybridized carbons (Fsp3) is 0. The van der Waals surface area contributed by atoms with Crippen molar-refractivity contribution in [1.29, 1.82) is 0 Å². The Bertz CT molecular complexity index is 195. The summed E-state index contributed by atoms with van der Waals surface area (Å²) in [5, 5.41) is 0. The van der Waals surface area contributed by atoms with Gasteiger partial charge in [-0.15, -0.1) is 0 Å². The van der Waals surface area contributed by atoms with Crippen molar-refractivity contribution < 1.29 is 9.05 Å². The van der Waals surface area contributed by atoms with Gasteiger partial charge in [0.2, 0.25) is 0 Å². The van der Waals surface area contributed by atoms with Gasteiger partial charge in [0.1, 0.15) is 11.5 Å². The van der Waals surface area contributed by atoms with Gasteiger partial charge in [0.05, 0.1) is 18.9 Å². The third-order valence-corrected chi connectivity index (χ3v) is 1.62. The van der Waals surface area contributed by atoms with E-state index in [1.54, 1.807) is 6.07 Å². The molecule has 2 atom stereocenters. The Balaban J connectivity index is 2.87. The maximum Gasteiger partial charge on any atom is 0.126 e. The van der Waals surface area contributed by atoms with Crippen molar-refractivity contribution >= 4 is 18.9 Å². The van der Waals surface area contributed by atoms with Gasteiger partial charge in [0, 0.05) is 6.07 Å². The maximum atomic E-state index is 4.88. The zero-order chi connectivity index (χ0) is 7.40. The summed E-state index contributed by atoms with van der Waals surface area (Å²) in [6, 6.07) is 7.35. The minimum Gasteiger partial charge on any atom is -0.480 e. The first-order chi connectivity index (χ1) is 4.86. The Labute approximate surface area is 64.5 Å². The first-order valence-corrected chi connectivity index (χ1v) is 3.64. The minimum atomic E-state index is 0.768. The summed E-state index contributed by atoms with van der Waals surface area (Å²) in [4.78, 5) is 0. The van der Waals surface area contributed by atoms with Crippen molar-refractivity contribution in [3.05, 3.63) is 24.3 Å². The molecule has 0 aliphatic rings. The van der Waals surface area contributed by atoms with Crippen LogP contribution < -0.4 is 9.05 Å². The van der Waals surface area contributed by atoms with Gasteiger partial charge in [-0.05, 0) is 12.1 Å². The molecule has 1 aromatic carbocycles. The number of hydrogen-bond donors (Lipinski definition) is 0. The van der Waals surface area contributed by atoms with Gasteiger partial charge in [-0.25, -0.2) is 0 Å². The van der Waals surface area contributed by atoms with Crippen LogP contribution in [0.15, 0.2) is 24.3 Å². The van der Waals surface area contributed by atoms with Crippen LogP contribution in [0.2, 0.25) is 0 Å². The van der Waals surface area contributed by atoms with Crippen LogP contribution in [0.5, 0.6) is 11.5 Å². The van der Waals surface area contributed by atoms with E-state index in [4.69, 9.17) is 9.05 Å². The summed E-state index contributed by atoms with van der Waals surface area (Å²) in [5.41, 5.74) is 0. The van der Waals surface area contributed by atoms with Crippen LogP contribution in [0.3, 0.4) is 0 Å². The monoisotopic (exact) mass is 174 g/mol. The summed E-state index contributed by atoms with van der Waals surface area (Å²) in [5.74, 6) is 1.54. The van der Waals surface area contributed by atoms with E-state index in [0.717, 1.165) is 11.5 Å². The molecule has 0 saturated heterocycles. The minimum absolute atomic E-state index is 0.768. The maximum absolute atomic E-state index is 4.88. The zero-order valence-corrected chi connectivity index (χ0v) is 7.59. The van der Waals surface area contributed by atoms with E-state index in [9.17, 15) is 0 Å². The highest BCUT2D eigenvalue weighted by Gasteiger charge is 1.91. The number of benzene rings is 1. The van der Waals surface area contributed by atoms with E-state index >= 15 is 0 Å². The molecular weight excluding hydrogens is 166 g/mol. The third-order valence-electron chi connectivity index (χ3n) is 1.08. The second-order valence-corrected chi connectivity index (χ2v) is 2.18. The molecule has 54 valence electrons. The number of hydrogen-bond acceptors (Lipinski definition) is 2. The molecule has 0 spiro atoms. The largest absolute Gasteiger partial charge is 0.480 e. The van der Waals surface area contributed by atoms with Crippen molar-refractivity contribution in [2.75, 3.05) is 0 Å². The van der Waals surface area contributed by atoms with Gasteiger partial charge in [-0.1, -0.05) is 6.07 Å². The van der Waals surface area contributed by atoms with Crippen LogP contribution in [0.25, 0.3) is 0 Å². The van der Waals surface area contributed by atoms with Gasteiger partial charge < -0.3 is 9.05 Å². The fourth-order valence-corrected chi connectivity index (χ4v) is 0.914. The summed E-state index contributed by atoms with van der Waals surface area (Å²) in [6.45, 7) is 0. The molecule has 0 amide bonds. The highest BCUT2D eigenvalue weighted by Crippen LogP contribution is 2.21. The lowest BCUT2D eigenvalue weighted by Crippen LogP contribution is -1.75. The SMILES string of the molecule is POc1cccc(OP)c1. The summed E-state index contributed by atoms with van der Waals surface area (Å²) in [6.07, 6.45) is 0. The van der Waals surface area contributed by atoms with E-state index in [1.807, 2.05) is 18.2 Å². The molecule has 0 aliphatic carbocycles. The molecule has 0 N–H and O–H groups in total. The zero-order valence-electron chi connectivity index (χ0n) is 5.28. The van der Waals surface area contributed by atoms with Gasteiger partial charge in [0.25, 0.3) is 0 Å². The van der Waals surface area contributed by atoms with E-state index in [1.165, 1.54) is 0 Å². The molecule has 10 heavy (non-hydrogen) atoms. The normalized spacial score (nSPS) is 9.00. The first-order valence-electron chi connectivity index (χ1n) is 2.70. The Morgan fingerprint density at radius 1 is 1.00 bits per heavy atom. The predicted molar refractivity (Wildman–Crippen MR) is 47.1 cm³/mol. The molecule has 0 radical (unpaired) electrons. The first kappa shape index (κ1) is 7.78. The Morgan fingerprint density at radius 3 is 1.90 bits per heavy atom. The highest BCUT2D eigenvalue weighted by molar-refractivity contribution is 7.10. The Kier molecular flexibility index (Phi) is 2.92. The third kappa shape index (κ3) is 1.83. The average molecular weight is 174 g/mol. The van der Waals surface area contributed by atoms with Crippen LogP contribution in [0, 0.1) is 0 Å². The molecule has 0 aliphatic heterocycles. The topological polar surface area (TPSA) is 18.5 Å². The molecule has 1 aromatic rings. The van der Waals surface area contributed by atoms with Crippen molar-refractivity contribution in [2.24, 2.45) is 0 Å². The van der Waals surface area contributed by atoms with Crippen molar-refractivity contribution in [3.63, 3.8) is 0 Å².